The van der Waals surface area contributed by atoms with Gasteiger partial charge in [0.15, 0.2) is 6.20 Å². The molecule has 0 fully saturated rings. The molecule has 5 heteroatoms. The average Bonchev–Trinajstić information content (AvgIpc) is 1.96. The Labute approximate surface area is 62.9 Å². The van der Waals surface area contributed by atoms with E-state index in [2.05, 4.69) is 9.83 Å². The van der Waals surface area contributed by atoms with Gasteiger partial charge in [-0.15, -0.1) is 0 Å². The Hall–Kier alpha value is -1.83. The van der Waals surface area contributed by atoms with Crippen molar-refractivity contribution in [2.24, 2.45) is 0 Å². The van der Waals surface area contributed by atoms with E-state index in [-0.39, 0.29) is 11.6 Å². The molecule has 0 bridgehead atoms. The highest BCUT2D eigenvalue weighted by molar-refractivity contribution is 5.52. The van der Waals surface area contributed by atoms with Gasteiger partial charge >= 0.3 is 11.6 Å². The number of aromatic amines is 1. The fraction of sp³-hybridized carbons (Fsp3) is 0.167. The topological polar surface area (TPSA) is 69.1 Å². The van der Waals surface area contributed by atoms with Crippen molar-refractivity contribution in [3.05, 3.63) is 28.2 Å². The van der Waals surface area contributed by atoms with Crippen molar-refractivity contribution in [3.8, 4) is 0 Å². The lowest BCUT2D eigenvalue weighted by Gasteiger charge is -1.90. The Morgan fingerprint density at radius 3 is 3.00 bits per heavy atom. The molecule has 0 aliphatic carbocycles. The van der Waals surface area contributed by atoms with Crippen molar-refractivity contribution in [1.29, 1.82) is 0 Å². The zero-order valence-corrected chi connectivity index (χ0v) is 5.96. The molecule has 0 atom stereocenters. The summed E-state index contributed by atoms with van der Waals surface area (Å²) in [6.07, 6.45) is 1.28. The maximum atomic E-state index is 10.8. The number of nitrogens with two attached hydrogens (primary N) is 1. The molecule has 0 amide bonds. The number of nitrogens with one attached hydrogen (secondary N) is 1. The summed E-state index contributed by atoms with van der Waals surface area (Å²) in [5, 5.41) is 0. The van der Waals surface area contributed by atoms with Crippen molar-refractivity contribution >= 4 is 11.6 Å². The minimum Gasteiger partial charge on any atom is -0.357 e. The number of nitrogens with zero attached hydrogens (tertiary/aromatic N) is 2. The second-order valence-corrected chi connectivity index (χ2v) is 2.11. The number of H-pyrrole nitrogens is 1. The van der Waals surface area contributed by atoms with Crippen LogP contribution in [-0.2, 0) is 0 Å². The lowest BCUT2D eigenvalue weighted by Crippen LogP contribution is -2.20. The Morgan fingerprint density at radius 2 is 2.45 bits per heavy atom. The predicted molar refractivity (Wildman–Crippen MR) is 39.6 cm³/mol. The molecule has 5 nitrogen and oxygen atoms in total. The fourth-order valence-electron chi connectivity index (χ4n) is 0.718. The molecule has 0 aromatic carbocycles. The van der Waals surface area contributed by atoms with E-state index in [1.54, 1.807) is 6.92 Å². The summed E-state index contributed by atoms with van der Waals surface area (Å²) in [7, 11) is 0. The van der Waals surface area contributed by atoms with Crippen LogP contribution in [0.25, 0.3) is 4.85 Å². The minimum absolute atomic E-state index is 0.0833. The molecule has 0 saturated carbocycles. The molecule has 0 saturated heterocycles. The first-order chi connectivity index (χ1) is 5.15. The average molecular weight is 151 g/mol. The monoisotopic (exact) mass is 151 g/mol. The number of hydrogen-bond acceptors (Lipinski definition) is 2. The Kier molecular flexibility index (Phi) is 1.60. The molecule has 0 spiro atoms. The van der Waals surface area contributed by atoms with Gasteiger partial charge in [0.05, 0.1) is 0 Å². The molecule has 0 radical (unpaired) electrons. The van der Waals surface area contributed by atoms with Crippen LogP contribution in [0.15, 0.2) is 6.20 Å². The SMILES string of the molecule is [C-]#[N+]c1[nH]c(C)c[n+](=O)c1N. The molecule has 56 valence electrons. The van der Waals surface area contributed by atoms with Crippen LogP contribution in [0, 0.1) is 18.4 Å². The molecular formula is C6H7N4O+. The van der Waals surface area contributed by atoms with Crippen molar-refractivity contribution in [1.82, 2.24) is 4.98 Å². The van der Waals surface area contributed by atoms with Gasteiger partial charge in [0.2, 0.25) is 0 Å². The van der Waals surface area contributed by atoms with Crippen LogP contribution in [0.5, 0.6) is 0 Å². The van der Waals surface area contributed by atoms with Crippen LogP contribution >= 0.6 is 0 Å². The van der Waals surface area contributed by atoms with Gasteiger partial charge < -0.3 is 4.85 Å². The third-order valence-corrected chi connectivity index (χ3v) is 1.22. The van der Waals surface area contributed by atoms with E-state index in [0.29, 0.717) is 10.1 Å². The van der Waals surface area contributed by atoms with Crippen molar-refractivity contribution in [2.45, 2.75) is 6.92 Å². The first-order valence-corrected chi connectivity index (χ1v) is 2.94. The van der Waals surface area contributed by atoms with Gasteiger partial charge in [-0.3, -0.25) is 10.7 Å². The molecule has 11 heavy (non-hydrogen) atoms. The third kappa shape index (κ3) is 1.19. The minimum atomic E-state index is -0.0920. The van der Waals surface area contributed by atoms with Crippen LogP contribution in [0.2, 0.25) is 0 Å². The smallest absolute Gasteiger partial charge is 0.339 e. The Morgan fingerprint density at radius 1 is 1.82 bits per heavy atom. The first-order valence-electron chi connectivity index (χ1n) is 2.94. The maximum Gasteiger partial charge on any atom is 0.339 e. The highest BCUT2D eigenvalue weighted by atomic mass is 16.3. The summed E-state index contributed by atoms with van der Waals surface area (Å²) >= 11 is 0. The lowest BCUT2D eigenvalue weighted by molar-refractivity contribution is -0.478. The summed E-state index contributed by atoms with van der Waals surface area (Å²) in [6, 6.07) is 0. The van der Waals surface area contributed by atoms with Gasteiger partial charge in [-0.2, -0.15) is 0 Å². The van der Waals surface area contributed by atoms with Gasteiger partial charge in [-0.25, -0.2) is 0 Å². The number of rotatable bonds is 0. The van der Waals surface area contributed by atoms with Gasteiger partial charge in [-0.1, -0.05) is 11.5 Å². The van der Waals surface area contributed by atoms with E-state index in [1.807, 2.05) is 0 Å². The summed E-state index contributed by atoms with van der Waals surface area (Å²) in [5.41, 5.74) is 5.88. The number of hydrogen-bond donors (Lipinski definition) is 2. The molecule has 1 aromatic rings. The molecular weight excluding hydrogens is 144 g/mol. The quantitative estimate of drug-likeness (QED) is 0.415. The standard InChI is InChI=1S/C6H7N4O/c1-4-3-10(11)5(7)6(8-2)9-4/h3H,7H2,1H3,(H,9,11)/q+1. The highest BCUT2D eigenvalue weighted by Crippen LogP contribution is 2.12. The summed E-state index contributed by atoms with van der Waals surface area (Å²) in [4.78, 5) is 16.6. The van der Waals surface area contributed by atoms with E-state index in [1.165, 1.54) is 6.20 Å². The van der Waals surface area contributed by atoms with Crippen LogP contribution in [0.4, 0.5) is 11.6 Å². The van der Waals surface area contributed by atoms with Gasteiger partial charge in [-0.05, 0) is 6.92 Å². The second-order valence-electron chi connectivity index (χ2n) is 2.11. The zero-order chi connectivity index (χ0) is 8.43. The highest BCUT2D eigenvalue weighted by Gasteiger charge is 2.09. The summed E-state index contributed by atoms with van der Waals surface area (Å²) in [6.45, 7) is 8.32. The Balaban J connectivity index is 3.52. The van der Waals surface area contributed by atoms with Gasteiger partial charge in [0.25, 0.3) is 0 Å². The normalized spacial score (nSPS) is 9.09. The zero-order valence-electron chi connectivity index (χ0n) is 5.96. The maximum absolute atomic E-state index is 10.8. The predicted octanol–water partition coefficient (Wildman–Crippen LogP) is 0.371. The molecule has 1 aromatic heterocycles. The molecule has 1 heterocycles. The number of aromatic nitrogens is 2. The van der Waals surface area contributed by atoms with E-state index < -0.39 is 0 Å². The van der Waals surface area contributed by atoms with Crippen LogP contribution in [0.1, 0.15) is 5.69 Å². The van der Waals surface area contributed by atoms with E-state index >= 15 is 0 Å². The van der Waals surface area contributed by atoms with Gasteiger partial charge in [0.1, 0.15) is 5.69 Å². The molecule has 0 aliphatic heterocycles. The molecule has 0 aliphatic rings. The molecule has 3 N–H and O–H groups in total. The van der Waals surface area contributed by atoms with E-state index in [0.717, 1.165) is 0 Å². The van der Waals surface area contributed by atoms with Crippen molar-refractivity contribution in [2.75, 3.05) is 5.73 Å². The van der Waals surface area contributed by atoms with Crippen LogP contribution < -0.4 is 10.2 Å². The molecule has 1 rings (SSSR count). The number of anilines is 1. The lowest BCUT2D eigenvalue weighted by atomic mass is 10.5. The van der Waals surface area contributed by atoms with Gasteiger partial charge in [0, 0.05) is 4.43 Å². The Bertz CT molecular complexity index is 373. The first kappa shape index (κ1) is 7.28. The summed E-state index contributed by atoms with van der Waals surface area (Å²) in [5.74, 6) is -0.00870. The van der Waals surface area contributed by atoms with Crippen LogP contribution in [-0.4, -0.2) is 4.98 Å². The largest absolute Gasteiger partial charge is 0.357 e. The van der Waals surface area contributed by atoms with Crippen LogP contribution in [0.3, 0.4) is 0 Å². The number of aryl methyl sites for hydroxylation is 1. The third-order valence-electron chi connectivity index (χ3n) is 1.22. The van der Waals surface area contributed by atoms with Crippen molar-refractivity contribution in [3.63, 3.8) is 0 Å². The van der Waals surface area contributed by atoms with E-state index in [9.17, 15) is 4.91 Å². The number of nitrogen functional groups attached to an aromatic ring is 1. The molecule has 0 unspecified atom stereocenters. The summed E-state index contributed by atoms with van der Waals surface area (Å²) < 4.78 is 0.471. The van der Waals surface area contributed by atoms with E-state index in [4.69, 9.17) is 12.3 Å². The van der Waals surface area contributed by atoms with Crippen molar-refractivity contribution < 1.29 is 4.43 Å². The second kappa shape index (κ2) is 2.42. The fourth-order valence-corrected chi connectivity index (χ4v) is 0.718.